The van der Waals surface area contributed by atoms with Crippen LogP contribution < -0.4 is 0 Å². The molecule has 1 aliphatic rings. The first-order valence-corrected chi connectivity index (χ1v) is 8.98. The summed E-state index contributed by atoms with van der Waals surface area (Å²) in [6.07, 6.45) is 5.94. The summed E-state index contributed by atoms with van der Waals surface area (Å²) >= 11 is 5.15. The summed E-state index contributed by atoms with van der Waals surface area (Å²) in [5.41, 5.74) is 2.22. The highest BCUT2D eigenvalue weighted by molar-refractivity contribution is 9.10. The van der Waals surface area contributed by atoms with Gasteiger partial charge < -0.3 is 5.11 Å². The number of halogens is 2. The second-order valence-corrected chi connectivity index (χ2v) is 7.64. The van der Waals surface area contributed by atoms with E-state index in [2.05, 4.69) is 22.0 Å². The van der Waals surface area contributed by atoms with Gasteiger partial charge in [0.15, 0.2) is 0 Å². The summed E-state index contributed by atoms with van der Waals surface area (Å²) in [5, 5.41) is 10.5. The normalized spacial score (nSPS) is 16.3. The average Bonchev–Trinajstić information content (AvgIpc) is 2.74. The Morgan fingerprint density at radius 3 is 2.86 bits per heavy atom. The summed E-state index contributed by atoms with van der Waals surface area (Å²) in [7, 11) is 0. The fourth-order valence-electron chi connectivity index (χ4n) is 2.86. The molecule has 1 aromatic carbocycles. The van der Waals surface area contributed by atoms with Crippen molar-refractivity contribution >= 4 is 27.3 Å². The first kappa shape index (κ1) is 15.2. The van der Waals surface area contributed by atoms with E-state index in [4.69, 9.17) is 0 Å². The third-order valence-electron chi connectivity index (χ3n) is 4.02. The van der Waals surface area contributed by atoms with Crippen molar-refractivity contribution in [1.82, 2.24) is 0 Å². The molecule has 1 N–H and O–H groups in total. The number of aliphatic hydroxyl groups is 1. The summed E-state index contributed by atoms with van der Waals surface area (Å²) in [5.74, 6) is -0.262. The topological polar surface area (TPSA) is 20.2 Å². The molecular formula is C17H18BrFOS. The molecule has 1 unspecified atom stereocenters. The largest absolute Gasteiger partial charge is 0.387 e. The predicted molar refractivity (Wildman–Crippen MR) is 88.3 cm³/mol. The highest BCUT2D eigenvalue weighted by Crippen LogP contribution is 2.34. The maximum atomic E-state index is 13.3. The second-order valence-electron chi connectivity index (χ2n) is 5.61. The molecule has 0 saturated heterocycles. The number of benzene rings is 1. The van der Waals surface area contributed by atoms with E-state index < -0.39 is 6.10 Å². The Balaban J connectivity index is 1.79. The van der Waals surface area contributed by atoms with Gasteiger partial charge in [-0.2, -0.15) is 0 Å². The molecule has 1 aliphatic carbocycles. The zero-order valence-electron chi connectivity index (χ0n) is 11.7. The number of aliphatic hydroxyl groups excluding tert-OH is 1. The van der Waals surface area contributed by atoms with Crippen LogP contribution in [0.4, 0.5) is 4.39 Å². The number of aryl methyl sites for hydroxylation is 2. The minimum absolute atomic E-state index is 0.262. The second kappa shape index (κ2) is 6.59. The molecule has 21 heavy (non-hydrogen) atoms. The van der Waals surface area contributed by atoms with Gasteiger partial charge in [-0.3, -0.25) is 0 Å². The SMILES string of the molecule is OC(Cc1cc(F)ccc1Br)c1cc2c(s1)CCCCC2. The van der Waals surface area contributed by atoms with Gasteiger partial charge in [0.05, 0.1) is 6.10 Å². The molecule has 0 spiro atoms. The fraction of sp³-hybridized carbons (Fsp3) is 0.412. The number of hydrogen-bond acceptors (Lipinski definition) is 2. The highest BCUT2D eigenvalue weighted by atomic mass is 79.9. The van der Waals surface area contributed by atoms with Crippen molar-refractivity contribution in [1.29, 1.82) is 0 Å². The standard InChI is InChI=1S/C17H18BrFOS/c18-14-7-6-13(19)8-12(14)9-15(20)17-10-11-4-2-1-3-5-16(11)21-17/h6-8,10,15,20H,1-5,9H2. The van der Waals surface area contributed by atoms with Gasteiger partial charge >= 0.3 is 0 Å². The summed E-state index contributed by atoms with van der Waals surface area (Å²) in [4.78, 5) is 2.44. The Morgan fingerprint density at radius 2 is 2.00 bits per heavy atom. The molecule has 4 heteroatoms. The highest BCUT2D eigenvalue weighted by Gasteiger charge is 2.18. The molecule has 0 aliphatic heterocycles. The Morgan fingerprint density at radius 1 is 1.19 bits per heavy atom. The van der Waals surface area contributed by atoms with Crippen LogP contribution in [0.3, 0.4) is 0 Å². The van der Waals surface area contributed by atoms with Crippen LogP contribution in [0.2, 0.25) is 0 Å². The number of thiophene rings is 1. The molecule has 1 heterocycles. The van der Waals surface area contributed by atoms with Crippen LogP contribution in [0.5, 0.6) is 0 Å². The van der Waals surface area contributed by atoms with Crippen molar-refractivity contribution < 1.29 is 9.50 Å². The Kier molecular flexibility index (Phi) is 4.77. The summed E-state index contributed by atoms with van der Waals surface area (Å²) < 4.78 is 14.2. The van der Waals surface area contributed by atoms with E-state index in [1.165, 1.54) is 41.8 Å². The number of hydrogen-bond donors (Lipinski definition) is 1. The maximum absolute atomic E-state index is 13.3. The molecule has 0 amide bonds. The average molecular weight is 369 g/mol. The van der Waals surface area contributed by atoms with Crippen LogP contribution >= 0.6 is 27.3 Å². The van der Waals surface area contributed by atoms with E-state index in [9.17, 15) is 9.50 Å². The lowest BCUT2D eigenvalue weighted by atomic mass is 10.1. The first-order valence-electron chi connectivity index (χ1n) is 7.37. The monoisotopic (exact) mass is 368 g/mol. The first-order chi connectivity index (χ1) is 10.1. The lowest BCUT2D eigenvalue weighted by Gasteiger charge is -2.10. The molecule has 1 aromatic heterocycles. The number of rotatable bonds is 3. The molecule has 0 radical (unpaired) electrons. The molecule has 1 atom stereocenters. The maximum Gasteiger partial charge on any atom is 0.123 e. The zero-order chi connectivity index (χ0) is 14.8. The fourth-order valence-corrected chi connectivity index (χ4v) is 4.52. The van der Waals surface area contributed by atoms with Gasteiger partial charge in [-0.05, 0) is 61.1 Å². The smallest absolute Gasteiger partial charge is 0.123 e. The lowest BCUT2D eigenvalue weighted by molar-refractivity contribution is 0.182. The van der Waals surface area contributed by atoms with Gasteiger partial charge in [0.1, 0.15) is 5.82 Å². The minimum Gasteiger partial charge on any atom is -0.387 e. The minimum atomic E-state index is -0.556. The Bertz CT molecular complexity index is 614. The molecule has 3 rings (SSSR count). The van der Waals surface area contributed by atoms with Gasteiger partial charge in [-0.25, -0.2) is 4.39 Å². The van der Waals surface area contributed by atoms with E-state index in [0.717, 1.165) is 27.8 Å². The van der Waals surface area contributed by atoms with E-state index in [0.29, 0.717) is 6.42 Å². The van der Waals surface area contributed by atoms with Crippen molar-refractivity contribution in [2.75, 3.05) is 0 Å². The third-order valence-corrected chi connectivity index (χ3v) is 6.13. The third kappa shape index (κ3) is 3.55. The molecule has 0 saturated carbocycles. The Hall–Kier alpha value is -0.710. The van der Waals surface area contributed by atoms with Crippen LogP contribution in [-0.4, -0.2) is 5.11 Å². The van der Waals surface area contributed by atoms with E-state index in [1.54, 1.807) is 17.4 Å². The van der Waals surface area contributed by atoms with Crippen LogP contribution in [0.1, 0.15) is 46.2 Å². The molecule has 2 aromatic rings. The summed E-state index contributed by atoms with van der Waals surface area (Å²) in [6.45, 7) is 0. The van der Waals surface area contributed by atoms with Crippen molar-refractivity contribution in [2.24, 2.45) is 0 Å². The van der Waals surface area contributed by atoms with Crippen LogP contribution in [-0.2, 0) is 19.3 Å². The molecular weight excluding hydrogens is 351 g/mol. The molecule has 1 nitrogen and oxygen atoms in total. The van der Waals surface area contributed by atoms with Crippen molar-refractivity contribution in [3.8, 4) is 0 Å². The van der Waals surface area contributed by atoms with Crippen LogP contribution in [0.25, 0.3) is 0 Å². The van der Waals surface area contributed by atoms with Crippen molar-refractivity contribution in [3.05, 3.63) is 55.4 Å². The number of fused-ring (bicyclic) bond motifs is 1. The molecule has 112 valence electrons. The predicted octanol–water partition coefficient (Wildman–Crippen LogP) is 5.19. The van der Waals surface area contributed by atoms with Crippen LogP contribution in [0.15, 0.2) is 28.7 Å². The van der Waals surface area contributed by atoms with Gasteiger partial charge in [0, 0.05) is 20.6 Å². The Labute approximate surface area is 137 Å². The van der Waals surface area contributed by atoms with E-state index >= 15 is 0 Å². The zero-order valence-corrected chi connectivity index (χ0v) is 14.1. The summed E-state index contributed by atoms with van der Waals surface area (Å²) in [6, 6.07) is 6.77. The van der Waals surface area contributed by atoms with Gasteiger partial charge in [-0.15, -0.1) is 11.3 Å². The van der Waals surface area contributed by atoms with Gasteiger partial charge in [0.2, 0.25) is 0 Å². The van der Waals surface area contributed by atoms with Crippen molar-refractivity contribution in [3.63, 3.8) is 0 Å². The van der Waals surface area contributed by atoms with Crippen LogP contribution in [0, 0.1) is 5.82 Å². The lowest BCUT2D eigenvalue weighted by Crippen LogP contribution is -2.01. The van der Waals surface area contributed by atoms with Crippen molar-refractivity contribution in [2.45, 2.75) is 44.6 Å². The van der Waals surface area contributed by atoms with Gasteiger partial charge in [-0.1, -0.05) is 22.4 Å². The quantitative estimate of drug-likeness (QED) is 0.738. The van der Waals surface area contributed by atoms with E-state index in [1.807, 2.05) is 0 Å². The molecule has 0 fully saturated rings. The molecule has 0 bridgehead atoms. The van der Waals surface area contributed by atoms with Gasteiger partial charge in [0.25, 0.3) is 0 Å². The van der Waals surface area contributed by atoms with E-state index in [-0.39, 0.29) is 5.82 Å².